The van der Waals surface area contributed by atoms with Crippen LogP contribution < -0.4 is 9.64 Å². The van der Waals surface area contributed by atoms with Crippen molar-refractivity contribution in [1.82, 2.24) is 4.90 Å². The van der Waals surface area contributed by atoms with E-state index in [0.717, 1.165) is 23.4 Å². The standard InChI is InChI=1S/C29H35ClN2O2/c1-22(2)34-27-16-12-25(13-17-27)28(24-8-6-5-7-9-24)18-19-32(29(33)20-30)21-23-10-14-26(15-11-23)31(3)4/h5-17,22,28H,18-21H2,1-4H3. The summed E-state index contributed by atoms with van der Waals surface area (Å²) < 4.78 is 5.82. The number of hydrogen-bond acceptors (Lipinski definition) is 3. The molecule has 1 atom stereocenters. The predicted octanol–water partition coefficient (Wildman–Crippen LogP) is 6.33. The number of alkyl halides is 1. The van der Waals surface area contributed by atoms with Crippen molar-refractivity contribution < 1.29 is 9.53 Å². The highest BCUT2D eigenvalue weighted by molar-refractivity contribution is 6.27. The molecule has 3 aromatic rings. The first-order valence-corrected chi connectivity index (χ1v) is 12.3. The van der Waals surface area contributed by atoms with Gasteiger partial charge in [0, 0.05) is 38.8 Å². The summed E-state index contributed by atoms with van der Waals surface area (Å²) in [4.78, 5) is 16.6. The molecule has 0 aliphatic rings. The van der Waals surface area contributed by atoms with Crippen molar-refractivity contribution in [3.8, 4) is 5.75 Å². The van der Waals surface area contributed by atoms with Crippen LogP contribution in [-0.4, -0.2) is 43.4 Å². The Morgan fingerprint density at radius 3 is 2.06 bits per heavy atom. The average molecular weight is 479 g/mol. The maximum Gasteiger partial charge on any atom is 0.237 e. The largest absolute Gasteiger partial charge is 0.491 e. The predicted molar refractivity (Wildman–Crippen MR) is 142 cm³/mol. The molecule has 0 radical (unpaired) electrons. The second-order valence-electron chi connectivity index (χ2n) is 9.00. The molecule has 0 saturated carbocycles. The number of nitrogens with zero attached hydrogens (tertiary/aromatic N) is 2. The van der Waals surface area contributed by atoms with Gasteiger partial charge in [-0.2, -0.15) is 0 Å². The Morgan fingerprint density at radius 2 is 1.50 bits per heavy atom. The quantitative estimate of drug-likeness (QED) is 0.302. The Labute approximate surface area is 209 Å². The van der Waals surface area contributed by atoms with E-state index in [-0.39, 0.29) is 23.8 Å². The number of amides is 1. The lowest BCUT2D eigenvalue weighted by Gasteiger charge is -2.26. The maximum atomic E-state index is 12.7. The molecule has 1 unspecified atom stereocenters. The fraction of sp³-hybridized carbons (Fsp3) is 0.345. The van der Waals surface area contributed by atoms with Crippen LogP contribution in [0.25, 0.3) is 0 Å². The second-order valence-corrected chi connectivity index (χ2v) is 9.26. The van der Waals surface area contributed by atoms with Crippen LogP contribution in [0.3, 0.4) is 0 Å². The number of anilines is 1. The molecule has 34 heavy (non-hydrogen) atoms. The highest BCUT2D eigenvalue weighted by Crippen LogP contribution is 2.30. The van der Waals surface area contributed by atoms with Gasteiger partial charge < -0.3 is 14.5 Å². The zero-order valence-electron chi connectivity index (χ0n) is 20.6. The third-order valence-electron chi connectivity index (χ3n) is 5.84. The van der Waals surface area contributed by atoms with Crippen molar-refractivity contribution in [1.29, 1.82) is 0 Å². The Bertz CT molecular complexity index is 1020. The molecule has 0 aromatic heterocycles. The van der Waals surface area contributed by atoms with Gasteiger partial charge in [-0.1, -0.05) is 54.6 Å². The first-order valence-electron chi connectivity index (χ1n) is 11.8. The Morgan fingerprint density at radius 1 is 0.882 bits per heavy atom. The molecule has 0 saturated heterocycles. The molecule has 3 rings (SSSR count). The molecule has 0 aliphatic heterocycles. The lowest BCUT2D eigenvalue weighted by molar-refractivity contribution is -0.129. The number of carbonyl (C=O) groups excluding carboxylic acids is 1. The van der Waals surface area contributed by atoms with Crippen LogP contribution in [0, 0.1) is 0 Å². The van der Waals surface area contributed by atoms with Crippen molar-refractivity contribution >= 4 is 23.2 Å². The molecule has 0 fully saturated rings. The average Bonchev–Trinajstić information content (AvgIpc) is 2.84. The number of carbonyl (C=O) groups is 1. The van der Waals surface area contributed by atoms with Gasteiger partial charge in [0.25, 0.3) is 0 Å². The van der Waals surface area contributed by atoms with E-state index in [4.69, 9.17) is 16.3 Å². The molecule has 180 valence electrons. The molecular formula is C29H35ClN2O2. The van der Waals surface area contributed by atoms with Gasteiger partial charge in [-0.3, -0.25) is 4.79 Å². The highest BCUT2D eigenvalue weighted by Gasteiger charge is 2.19. The lowest BCUT2D eigenvalue weighted by Crippen LogP contribution is -2.33. The van der Waals surface area contributed by atoms with E-state index < -0.39 is 0 Å². The van der Waals surface area contributed by atoms with E-state index in [1.807, 2.05) is 51.0 Å². The van der Waals surface area contributed by atoms with Crippen molar-refractivity contribution in [2.75, 3.05) is 31.4 Å². The summed E-state index contributed by atoms with van der Waals surface area (Å²) in [5.74, 6) is 0.958. The van der Waals surface area contributed by atoms with Crippen molar-refractivity contribution in [2.45, 2.75) is 38.8 Å². The highest BCUT2D eigenvalue weighted by atomic mass is 35.5. The van der Waals surface area contributed by atoms with Gasteiger partial charge in [0.1, 0.15) is 11.6 Å². The number of halogens is 1. The summed E-state index contributed by atoms with van der Waals surface area (Å²) in [6, 6.07) is 27.1. The Balaban J connectivity index is 1.78. The lowest BCUT2D eigenvalue weighted by atomic mass is 9.88. The minimum atomic E-state index is -0.0501. The SMILES string of the molecule is CC(C)Oc1ccc(C(CCN(Cc2ccc(N(C)C)cc2)C(=O)CCl)c2ccccc2)cc1. The number of rotatable bonds is 11. The molecule has 0 spiro atoms. The van der Waals surface area contributed by atoms with E-state index in [2.05, 4.69) is 65.6 Å². The summed E-state index contributed by atoms with van der Waals surface area (Å²) in [7, 11) is 4.03. The molecule has 0 aliphatic carbocycles. The number of benzene rings is 3. The van der Waals surface area contributed by atoms with Crippen LogP contribution in [0.1, 0.15) is 42.9 Å². The Kier molecular flexibility index (Phi) is 9.41. The number of ether oxygens (including phenoxy) is 1. The van der Waals surface area contributed by atoms with Crippen LogP contribution in [0.5, 0.6) is 5.75 Å². The van der Waals surface area contributed by atoms with Crippen LogP contribution in [0.15, 0.2) is 78.9 Å². The van der Waals surface area contributed by atoms with Gasteiger partial charge in [0.2, 0.25) is 5.91 Å². The minimum absolute atomic E-state index is 0.0208. The summed E-state index contributed by atoms with van der Waals surface area (Å²) >= 11 is 5.98. The van der Waals surface area contributed by atoms with Gasteiger partial charge in [-0.25, -0.2) is 0 Å². The second kappa shape index (κ2) is 12.5. The maximum absolute atomic E-state index is 12.7. The molecule has 4 nitrogen and oxygen atoms in total. The van der Waals surface area contributed by atoms with Crippen molar-refractivity contribution in [2.24, 2.45) is 0 Å². The molecule has 5 heteroatoms. The molecule has 0 heterocycles. The molecule has 1 amide bonds. The molecule has 0 bridgehead atoms. The molecule has 3 aromatic carbocycles. The van der Waals surface area contributed by atoms with Gasteiger partial charge in [-0.15, -0.1) is 11.6 Å². The summed E-state index contributed by atoms with van der Waals surface area (Å²) in [5.41, 5.74) is 4.66. The van der Waals surface area contributed by atoms with Gasteiger partial charge in [0.05, 0.1) is 6.10 Å². The van der Waals surface area contributed by atoms with E-state index in [1.165, 1.54) is 11.1 Å². The monoisotopic (exact) mass is 478 g/mol. The first kappa shape index (κ1) is 25.6. The van der Waals surface area contributed by atoms with Crippen molar-refractivity contribution in [3.05, 3.63) is 95.6 Å². The van der Waals surface area contributed by atoms with Crippen molar-refractivity contribution in [3.63, 3.8) is 0 Å². The third kappa shape index (κ3) is 7.26. The van der Waals surface area contributed by atoms with E-state index in [1.54, 1.807) is 0 Å². The van der Waals surface area contributed by atoms with Gasteiger partial charge in [-0.05, 0) is 61.2 Å². The van der Waals surface area contributed by atoms with Crippen LogP contribution >= 0.6 is 11.6 Å². The van der Waals surface area contributed by atoms with Crippen LogP contribution in [-0.2, 0) is 11.3 Å². The van der Waals surface area contributed by atoms with Gasteiger partial charge in [0.15, 0.2) is 0 Å². The van der Waals surface area contributed by atoms with E-state index >= 15 is 0 Å². The van der Waals surface area contributed by atoms with Crippen LogP contribution in [0.2, 0.25) is 0 Å². The van der Waals surface area contributed by atoms with E-state index in [0.29, 0.717) is 13.1 Å². The fourth-order valence-corrected chi connectivity index (χ4v) is 4.21. The third-order valence-corrected chi connectivity index (χ3v) is 6.07. The zero-order chi connectivity index (χ0) is 24.5. The van der Waals surface area contributed by atoms with Gasteiger partial charge >= 0.3 is 0 Å². The molecular weight excluding hydrogens is 444 g/mol. The molecule has 0 N–H and O–H groups in total. The van der Waals surface area contributed by atoms with E-state index in [9.17, 15) is 4.79 Å². The zero-order valence-corrected chi connectivity index (χ0v) is 21.3. The topological polar surface area (TPSA) is 32.8 Å². The smallest absolute Gasteiger partial charge is 0.237 e. The first-order chi connectivity index (χ1) is 16.4. The Hall–Kier alpha value is -2.98. The minimum Gasteiger partial charge on any atom is -0.491 e. The summed E-state index contributed by atoms with van der Waals surface area (Å²) in [6.45, 7) is 5.21. The normalized spacial score (nSPS) is 11.8. The summed E-state index contributed by atoms with van der Waals surface area (Å²) in [5, 5.41) is 0. The fourth-order valence-electron chi connectivity index (χ4n) is 4.04. The number of hydrogen-bond donors (Lipinski definition) is 0. The van der Waals surface area contributed by atoms with Crippen LogP contribution in [0.4, 0.5) is 5.69 Å². The summed E-state index contributed by atoms with van der Waals surface area (Å²) in [6.07, 6.45) is 0.935.